The molecule has 0 spiro atoms. The Kier molecular flexibility index (Phi) is 7.20. The van der Waals surface area contributed by atoms with Crippen molar-refractivity contribution in [3.8, 4) is 17.2 Å². The summed E-state index contributed by atoms with van der Waals surface area (Å²) in [4.78, 5) is 15.3. The zero-order valence-electron chi connectivity index (χ0n) is 19.3. The van der Waals surface area contributed by atoms with Crippen molar-refractivity contribution in [3.63, 3.8) is 0 Å². The zero-order valence-corrected chi connectivity index (χ0v) is 19.3. The molecule has 1 fully saturated rings. The maximum Gasteiger partial charge on any atom is 0.234 e. The largest absolute Gasteiger partial charge is 0.497 e. The number of carbonyl (C=O) groups excluding carboxylic acids is 1. The molecule has 2 aliphatic rings. The van der Waals surface area contributed by atoms with Crippen LogP contribution in [-0.2, 0) is 4.79 Å². The molecule has 4 rings (SSSR count). The molecule has 2 aromatic carbocycles. The molecule has 2 atom stereocenters. The van der Waals surface area contributed by atoms with Crippen molar-refractivity contribution < 1.29 is 19.0 Å². The van der Waals surface area contributed by atoms with E-state index >= 15 is 0 Å². The summed E-state index contributed by atoms with van der Waals surface area (Å²) in [6.45, 7) is 6.93. The number of methoxy groups -OCH3 is 1. The first-order valence-electron chi connectivity index (χ1n) is 11.6. The quantitative estimate of drug-likeness (QED) is 0.689. The highest BCUT2D eigenvalue weighted by molar-refractivity contribution is 5.78. The van der Waals surface area contributed by atoms with E-state index in [9.17, 15) is 4.79 Å². The zero-order chi connectivity index (χ0) is 22.5. The maximum atomic E-state index is 13.0. The number of hydrogen-bond acceptors (Lipinski definition) is 5. The van der Waals surface area contributed by atoms with Gasteiger partial charge in [-0.2, -0.15) is 0 Å². The first-order chi connectivity index (χ1) is 15.5. The first-order valence-corrected chi connectivity index (χ1v) is 11.6. The van der Waals surface area contributed by atoms with E-state index in [4.69, 9.17) is 14.2 Å². The van der Waals surface area contributed by atoms with Crippen molar-refractivity contribution in [2.75, 3.05) is 33.4 Å². The molecule has 0 saturated carbocycles. The molecule has 2 heterocycles. The highest BCUT2D eigenvalue weighted by Crippen LogP contribution is 2.37. The fourth-order valence-corrected chi connectivity index (χ4v) is 4.63. The lowest BCUT2D eigenvalue weighted by atomic mass is 9.96. The monoisotopic (exact) mass is 438 g/mol. The predicted molar refractivity (Wildman–Crippen MR) is 124 cm³/mol. The van der Waals surface area contributed by atoms with Gasteiger partial charge in [0.2, 0.25) is 5.91 Å². The van der Waals surface area contributed by atoms with Crippen LogP contribution in [0, 0.1) is 5.92 Å². The summed E-state index contributed by atoms with van der Waals surface area (Å²) in [5.74, 6) is 2.78. The number of ether oxygens (including phenoxy) is 3. The van der Waals surface area contributed by atoms with Gasteiger partial charge in [0.25, 0.3) is 0 Å². The molecule has 2 aromatic rings. The molecule has 6 nitrogen and oxygen atoms in total. The van der Waals surface area contributed by atoms with Crippen LogP contribution in [0.3, 0.4) is 0 Å². The van der Waals surface area contributed by atoms with E-state index in [-0.39, 0.29) is 23.9 Å². The topological polar surface area (TPSA) is 60.0 Å². The van der Waals surface area contributed by atoms with E-state index in [1.54, 1.807) is 7.11 Å². The Bertz CT molecular complexity index is 913. The number of nitrogens with one attached hydrogen (secondary N) is 1. The molecule has 6 heteroatoms. The Balaban J connectivity index is 1.43. The number of carbonyl (C=O) groups is 1. The summed E-state index contributed by atoms with van der Waals surface area (Å²) in [6.07, 6.45) is 3.02. The van der Waals surface area contributed by atoms with E-state index in [2.05, 4.69) is 36.2 Å². The Morgan fingerprint density at radius 1 is 1.09 bits per heavy atom. The molecule has 1 saturated heterocycles. The lowest BCUT2D eigenvalue weighted by Gasteiger charge is -2.28. The summed E-state index contributed by atoms with van der Waals surface area (Å²) in [5, 5.41) is 3.26. The third-order valence-electron chi connectivity index (χ3n) is 6.32. The molecule has 0 radical (unpaired) electrons. The fourth-order valence-electron chi connectivity index (χ4n) is 4.63. The lowest BCUT2D eigenvalue weighted by Crippen LogP contribution is -2.40. The van der Waals surface area contributed by atoms with Crippen LogP contribution in [0.15, 0.2) is 42.5 Å². The van der Waals surface area contributed by atoms with Crippen LogP contribution in [0.1, 0.15) is 56.3 Å². The third kappa shape index (κ3) is 5.18. The molecule has 0 bridgehead atoms. The molecule has 172 valence electrons. The van der Waals surface area contributed by atoms with Gasteiger partial charge in [-0.1, -0.05) is 32.0 Å². The highest BCUT2D eigenvalue weighted by Gasteiger charge is 2.29. The van der Waals surface area contributed by atoms with Crippen molar-refractivity contribution in [2.45, 2.75) is 45.2 Å². The van der Waals surface area contributed by atoms with Crippen LogP contribution in [0.25, 0.3) is 0 Å². The third-order valence-corrected chi connectivity index (χ3v) is 6.32. The Morgan fingerprint density at radius 2 is 1.84 bits per heavy atom. The fraction of sp³-hybridized carbons (Fsp3) is 0.500. The van der Waals surface area contributed by atoms with Crippen molar-refractivity contribution in [2.24, 2.45) is 5.92 Å². The van der Waals surface area contributed by atoms with E-state index in [0.29, 0.717) is 19.8 Å². The normalized spacial score (nSPS) is 19.4. The van der Waals surface area contributed by atoms with Crippen molar-refractivity contribution in [1.82, 2.24) is 10.2 Å². The average Bonchev–Trinajstić information content (AvgIpc) is 3.12. The highest BCUT2D eigenvalue weighted by atomic mass is 16.5. The van der Waals surface area contributed by atoms with Gasteiger partial charge in [0.1, 0.15) is 5.75 Å². The van der Waals surface area contributed by atoms with Gasteiger partial charge in [0.15, 0.2) is 11.5 Å². The number of fused-ring (bicyclic) bond motifs is 1. The molecule has 2 aliphatic heterocycles. The van der Waals surface area contributed by atoms with Crippen LogP contribution in [-0.4, -0.2) is 44.2 Å². The predicted octanol–water partition coefficient (Wildman–Crippen LogP) is 4.51. The first kappa shape index (κ1) is 22.5. The number of rotatable bonds is 7. The van der Waals surface area contributed by atoms with Gasteiger partial charge in [-0.05, 0) is 60.7 Å². The maximum absolute atomic E-state index is 13.0. The van der Waals surface area contributed by atoms with Crippen LogP contribution >= 0.6 is 0 Å². The second kappa shape index (κ2) is 10.3. The van der Waals surface area contributed by atoms with Crippen molar-refractivity contribution in [1.29, 1.82) is 0 Å². The van der Waals surface area contributed by atoms with Gasteiger partial charge in [0.05, 0.1) is 32.9 Å². The molecule has 1 amide bonds. The second-order valence-corrected chi connectivity index (χ2v) is 8.95. The lowest BCUT2D eigenvalue weighted by molar-refractivity contribution is -0.123. The van der Waals surface area contributed by atoms with Gasteiger partial charge >= 0.3 is 0 Å². The molecular weight excluding hydrogens is 404 g/mol. The minimum atomic E-state index is -0.0347. The van der Waals surface area contributed by atoms with E-state index in [0.717, 1.165) is 48.6 Å². The minimum absolute atomic E-state index is 0.0347. The second-order valence-electron chi connectivity index (χ2n) is 8.95. The summed E-state index contributed by atoms with van der Waals surface area (Å²) in [5.41, 5.74) is 2.28. The standard InChI is InChI=1S/C26H34N2O4/c1-18(2)26(19-7-10-21(30-3)11-8-19)27-25(29)17-28-13-4-6-22(28)20-9-12-23-24(16-20)32-15-5-14-31-23/h7-12,16,18,22,26H,4-6,13-15,17H2,1-3H3,(H,27,29)/t22-,26-/m0/s1. The molecule has 0 aliphatic carbocycles. The van der Waals surface area contributed by atoms with Crippen LogP contribution in [0.4, 0.5) is 0 Å². The number of amides is 1. The SMILES string of the molecule is COc1ccc([C@@H](NC(=O)CN2CCC[C@H]2c2ccc3c(c2)OCCCO3)C(C)C)cc1. The Labute approximate surface area is 190 Å². The van der Waals surface area contributed by atoms with Gasteiger partial charge in [0, 0.05) is 12.5 Å². The molecular formula is C26H34N2O4. The average molecular weight is 439 g/mol. The van der Waals surface area contributed by atoms with Crippen molar-refractivity contribution in [3.05, 3.63) is 53.6 Å². The van der Waals surface area contributed by atoms with E-state index < -0.39 is 0 Å². The summed E-state index contributed by atoms with van der Waals surface area (Å²) < 4.78 is 16.9. The van der Waals surface area contributed by atoms with Gasteiger partial charge in [-0.25, -0.2) is 0 Å². The molecule has 1 N–H and O–H groups in total. The van der Waals surface area contributed by atoms with E-state index in [1.807, 2.05) is 30.3 Å². The number of hydrogen-bond donors (Lipinski definition) is 1. The molecule has 32 heavy (non-hydrogen) atoms. The van der Waals surface area contributed by atoms with Crippen molar-refractivity contribution >= 4 is 5.91 Å². The van der Waals surface area contributed by atoms with Crippen LogP contribution in [0.5, 0.6) is 17.2 Å². The summed E-state index contributed by atoms with van der Waals surface area (Å²) in [7, 11) is 1.66. The number of nitrogens with zero attached hydrogens (tertiary/aromatic N) is 1. The van der Waals surface area contributed by atoms with Crippen LogP contribution < -0.4 is 19.5 Å². The summed E-state index contributed by atoms with van der Waals surface area (Å²) >= 11 is 0. The van der Waals surface area contributed by atoms with Crippen LogP contribution in [0.2, 0.25) is 0 Å². The smallest absolute Gasteiger partial charge is 0.234 e. The number of benzene rings is 2. The number of likely N-dealkylation sites (tertiary alicyclic amines) is 1. The van der Waals surface area contributed by atoms with Gasteiger partial charge in [-0.3, -0.25) is 9.69 Å². The molecule has 0 unspecified atom stereocenters. The Hall–Kier alpha value is -2.73. The van der Waals surface area contributed by atoms with E-state index in [1.165, 1.54) is 5.56 Å². The summed E-state index contributed by atoms with van der Waals surface area (Å²) in [6, 6.07) is 14.3. The Morgan fingerprint density at radius 3 is 2.56 bits per heavy atom. The molecule has 0 aromatic heterocycles. The van der Waals surface area contributed by atoms with Gasteiger partial charge < -0.3 is 19.5 Å². The minimum Gasteiger partial charge on any atom is -0.497 e. The van der Waals surface area contributed by atoms with Gasteiger partial charge in [-0.15, -0.1) is 0 Å².